The van der Waals surface area contributed by atoms with E-state index in [1.165, 1.54) is 0 Å². The maximum Gasteiger partial charge on any atom is 0.674 e. The van der Waals surface area contributed by atoms with Gasteiger partial charge in [0.05, 0.1) is 0 Å². The van der Waals surface area contributed by atoms with Crippen LogP contribution in [0, 0.1) is 0 Å². The molecule has 0 aromatic heterocycles. The van der Waals surface area contributed by atoms with E-state index in [2.05, 4.69) is 0 Å². The average Bonchev–Trinajstić information content (AvgIpc) is 1.54. The van der Waals surface area contributed by atoms with Crippen LogP contribution in [0.1, 0.15) is 0 Å². The highest BCUT2D eigenvalue weighted by Gasteiger charge is 1.98. The van der Waals surface area contributed by atoms with Crippen LogP contribution in [-0.4, -0.2) is 52.3 Å². The lowest BCUT2D eigenvalue weighted by Gasteiger charge is -1.65. The van der Waals surface area contributed by atoms with Crippen molar-refractivity contribution in [1.82, 2.24) is 36.9 Å². The summed E-state index contributed by atoms with van der Waals surface area (Å²) < 4.78 is 30.3. The summed E-state index contributed by atoms with van der Waals surface area (Å²) in [4.78, 5) is 0. The maximum absolute atomic E-state index is 10.1. The Labute approximate surface area is 103 Å². The first-order chi connectivity index (χ1) is 5.20. The van der Waals surface area contributed by atoms with Gasteiger partial charge in [0.1, 0.15) is 0 Å². The van der Waals surface area contributed by atoms with Gasteiger partial charge in [-0.25, -0.2) is 0 Å². The van der Waals surface area contributed by atoms with Crippen LogP contribution >= 0.6 is 0 Å². The molecule has 0 heterocycles. The smallest absolute Gasteiger partial charge is 0.398 e. The summed E-state index contributed by atoms with van der Waals surface area (Å²) in [6.45, 7) is 0. The van der Waals surface area contributed by atoms with E-state index in [0.717, 1.165) is 0 Å². The third-order valence-corrected chi connectivity index (χ3v) is 0. The highest BCUT2D eigenvalue weighted by molar-refractivity contribution is 6.32. The van der Waals surface area contributed by atoms with Crippen LogP contribution in [0.2, 0.25) is 0 Å². The van der Waals surface area contributed by atoms with Gasteiger partial charge in [-0.15, -0.1) is 0 Å². The highest BCUT2D eigenvalue weighted by Crippen LogP contribution is 1.58. The lowest BCUT2D eigenvalue weighted by molar-refractivity contribution is 0.338. The minimum absolute atomic E-state index is 0. The number of hydrogen-bond donors (Lipinski definition) is 12. The van der Waals surface area contributed by atoms with Crippen LogP contribution in [0.15, 0.2) is 0 Å². The van der Waals surface area contributed by atoms with Gasteiger partial charge in [0, 0.05) is 0 Å². The zero-order chi connectivity index (χ0) is 10.7. The zero-order valence-corrected chi connectivity index (χ0v) is 9.79. The Kier molecular flexibility index (Phi) is 201. The molecule has 0 unspecified atom stereocenters. The van der Waals surface area contributed by atoms with Crippen LogP contribution in [0.4, 0.5) is 12.9 Å². The van der Waals surface area contributed by atoms with E-state index in [1.54, 1.807) is 0 Å². The molecule has 0 spiro atoms. The van der Waals surface area contributed by atoms with Gasteiger partial charge in [-0.1, -0.05) is 0 Å². The van der Waals surface area contributed by atoms with Crippen molar-refractivity contribution in [3.8, 4) is 0 Å². The van der Waals surface area contributed by atoms with Crippen molar-refractivity contribution in [1.29, 1.82) is 0 Å². The fourth-order valence-electron chi connectivity index (χ4n) is 0. The molecule has 0 amide bonds. The quantitative estimate of drug-likeness (QED) is 0.210. The van der Waals surface area contributed by atoms with Gasteiger partial charge in [-0.2, -0.15) is 0 Å². The third kappa shape index (κ3) is 13300. The molecule has 0 aliphatic heterocycles. The van der Waals surface area contributed by atoms with E-state index < -0.39 is 22.2 Å². The zero-order valence-electron chi connectivity index (χ0n) is 9.79. The molecule has 18 heavy (non-hydrogen) atoms. The molecular weight excluding hydrogens is 269 g/mol. The van der Waals surface area contributed by atoms with E-state index in [-0.39, 0.29) is 36.9 Å². The molecule has 0 aromatic rings. The monoisotopic (exact) mass is 294 g/mol. The van der Waals surface area contributed by atoms with Gasteiger partial charge in [-0.05, 0) is 0 Å². The third-order valence-electron chi connectivity index (χ3n) is 0. The molecule has 0 aromatic carbocycles. The van der Waals surface area contributed by atoms with Crippen molar-refractivity contribution in [3.63, 3.8) is 0 Å². The van der Waals surface area contributed by atoms with Crippen molar-refractivity contribution in [2.24, 2.45) is 0 Å². The fourth-order valence-corrected chi connectivity index (χ4v) is 0. The first-order valence-electron chi connectivity index (χ1n) is 2.20. The number of rotatable bonds is 0. The molecule has 24 N–H and O–H groups in total. The van der Waals surface area contributed by atoms with E-state index in [1.807, 2.05) is 0 Å². The Morgan fingerprint density at radius 2 is 0.389 bits per heavy atom. The van der Waals surface area contributed by atoms with Crippen molar-refractivity contribution in [2.45, 2.75) is 0 Å². The summed E-state index contributed by atoms with van der Waals surface area (Å²) >= 11 is 0. The molecule has 0 saturated heterocycles. The molecule has 0 rings (SSSR count). The van der Waals surface area contributed by atoms with E-state index >= 15 is 0 Å². The fraction of sp³-hybridized carbons (Fsp3) is 0. The molecule has 0 bridgehead atoms. The summed E-state index contributed by atoms with van der Waals surface area (Å²) in [7, 11) is -8.00. The summed E-state index contributed by atoms with van der Waals surface area (Å²) in [5.74, 6) is 0. The molecule has 0 fully saturated rings. The second kappa shape index (κ2) is 54.9. The van der Waals surface area contributed by atoms with E-state index in [0.29, 0.717) is 0 Å². The van der Waals surface area contributed by atoms with Gasteiger partial charge in [0.15, 0.2) is 0 Å². The first-order valence-corrected chi connectivity index (χ1v) is 2.20. The lowest BCUT2D eigenvalue weighted by atomic mass is 10.3. The van der Waals surface area contributed by atoms with E-state index in [9.17, 15) is 12.9 Å². The minimum Gasteiger partial charge on any atom is -0.398 e. The maximum atomic E-state index is 10.1. The molecule has 0 radical (unpaired) electrons. The van der Waals surface area contributed by atoms with Crippen molar-refractivity contribution < 1.29 is 43.1 Å². The van der Waals surface area contributed by atoms with Crippen molar-refractivity contribution in [2.75, 3.05) is 0 Å². The van der Waals surface area contributed by atoms with Crippen LogP contribution in [0.5, 0.6) is 0 Å². The molecule has 0 saturated carbocycles. The molecule has 0 aliphatic carbocycles. The van der Waals surface area contributed by atoms with Gasteiger partial charge in [0.2, 0.25) is 0 Å². The predicted molar refractivity (Wildman–Crippen MR) is 64.0 cm³/mol. The van der Waals surface area contributed by atoms with Crippen LogP contribution < -0.4 is 36.9 Å². The van der Waals surface area contributed by atoms with E-state index in [4.69, 9.17) is 30.1 Å². The van der Waals surface area contributed by atoms with Crippen molar-refractivity contribution in [3.05, 3.63) is 0 Å². The largest absolute Gasteiger partial charge is 0.674 e. The summed E-state index contributed by atoms with van der Waals surface area (Å²) in [5.41, 5.74) is 0. The first kappa shape index (κ1) is 65.9. The van der Waals surface area contributed by atoms with Crippen LogP contribution in [0.25, 0.3) is 0 Å². The SMILES string of the molecule is N.N.N.N.N.N.OB(O)F.OB(O)F.OB(O)F. The van der Waals surface area contributed by atoms with Crippen molar-refractivity contribution >= 4 is 22.2 Å². The Bertz CT molecular complexity index is 63.1. The standard InChI is InChI=1S/3BFH2O2.6H3N/c3*2-1(3)4;;;;;;/h3*3-4H;6*1H3. The lowest BCUT2D eigenvalue weighted by Crippen LogP contribution is -1.98. The number of hydrogen-bond acceptors (Lipinski definition) is 12. The van der Waals surface area contributed by atoms with Gasteiger partial charge < -0.3 is 67.0 Å². The number of halogens is 3. The summed E-state index contributed by atoms with van der Waals surface area (Å²) in [6, 6.07) is 0. The molecule has 12 nitrogen and oxygen atoms in total. The van der Waals surface area contributed by atoms with Gasteiger partial charge >= 0.3 is 22.2 Å². The topological polar surface area (TPSA) is 331 Å². The summed E-state index contributed by atoms with van der Waals surface area (Å²) in [5, 5.41) is 41.7. The molecule has 18 heteroatoms. The second-order valence-corrected chi connectivity index (χ2v) is 0.932. The highest BCUT2D eigenvalue weighted by atomic mass is 19.1. The van der Waals surface area contributed by atoms with Gasteiger partial charge in [-0.3, -0.25) is 12.9 Å². The Balaban J connectivity index is -0.00000000827. The van der Waals surface area contributed by atoms with Crippen LogP contribution in [0.3, 0.4) is 0 Å². The minimum atomic E-state index is -2.67. The predicted octanol–water partition coefficient (Wildman–Crippen LogP) is -2.25. The Morgan fingerprint density at radius 3 is 0.389 bits per heavy atom. The van der Waals surface area contributed by atoms with Gasteiger partial charge in [0.25, 0.3) is 0 Å². The molecule has 0 aliphatic rings. The second-order valence-electron chi connectivity index (χ2n) is 0.932. The average molecular weight is 294 g/mol. The Hall–Kier alpha value is -0.495. The normalized spacial score (nSPS) is 4.50. The molecule has 0 atom stereocenters. The Morgan fingerprint density at radius 1 is 0.389 bits per heavy atom. The summed E-state index contributed by atoms with van der Waals surface area (Å²) in [6.07, 6.45) is 0. The van der Waals surface area contributed by atoms with Crippen LogP contribution in [-0.2, 0) is 0 Å². The molecular formula is H24B3F3N6O6. The molecule has 120 valence electrons.